The summed E-state index contributed by atoms with van der Waals surface area (Å²) in [5, 5.41) is 11.5. The number of benzene rings is 1. The van der Waals surface area contributed by atoms with E-state index in [4.69, 9.17) is 5.73 Å². The molecule has 1 saturated carbocycles. The van der Waals surface area contributed by atoms with E-state index in [2.05, 4.69) is 31.2 Å². The van der Waals surface area contributed by atoms with E-state index in [0.717, 1.165) is 44.4 Å². The molecule has 1 aromatic carbocycles. The van der Waals surface area contributed by atoms with Crippen LogP contribution in [0.15, 0.2) is 24.3 Å². The molecule has 1 aromatic rings. The number of hydrogen-bond donors (Lipinski definition) is 2. The minimum Gasteiger partial charge on any atom is -0.389 e. The molecule has 21 heavy (non-hydrogen) atoms. The molecule has 1 unspecified atom stereocenters. The Morgan fingerprint density at radius 1 is 1.19 bits per heavy atom. The number of nitrogens with two attached hydrogens (primary N) is 1. The van der Waals surface area contributed by atoms with Crippen molar-refractivity contribution >= 4 is 0 Å². The second-order valence-electron chi connectivity index (χ2n) is 7.21. The number of rotatable bonds is 4. The van der Waals surface area contributed by atoms with Gasteiger partial charge in [-0.25, -0.2) is 0 Å². The molecule has 0 saturated heterocycles. The van der Waals surface area contributed by atoms with Crippen LogP contribution in [0.4, 0.5) is 0 Å². The zero-order valence-electron chi connectivity index (χ0n) is 13.3. The lowest BCUT2D eigenvalue weighted by molar-refractivity contribution is -0.0756. The van der Waals surface area contributed by atoms with Crippen LogP contribution in [-0.2, 0) is 11.8 Å². The van der Waals surface area contributed by atoms with E-state index < -0.39 is 5.60 Å². The number of aryl methyl sites for hydroxylation is 1. The van der Waals surface area contributed by atoms with Crippen molar-refractivity contribution in [3.63, 3.8) is 0 Å². The van der Waals surface area contributed by atoms with Crippen molar-refractivity contribution in [1.29, 1.82) is 0 Å². The van der Waals surface area contributed by atoms with E-state index in [1.807, 2.05) is 0 Å². The maximum atomic E-state index is 11.5. The first-order chi connectivity index (χ1) is 10.1. The maximum absolute atomic E-state index is 11.5. The molecule has 0 bridgehead atoms. The summed E-state index contributed by atoms with van der Waals surface area (Å²) in [4.78, 5) is 0. The highest BCUT2D eigenvalue weighted by Crippen LogP contribution is 2.52. The minimum atomic E-state index is -0.599. The second kappa shape index (κ2) is 5.73. The highest BCUT2D eigenvalue weighted by atomic mass is 16.3. The Hall–Kier alpha value is -0.860. The predicted molar refractivity (Wildman–Crippen MR) is 87.3 cm³/mol. The van der Waals surface area contributed by atoms with Crippen molar-refractivity contribution < 1.29 is 5.11 Å². The van der Waals surface area contributed by atoms with E-state index in [0.29, 0.717) is 6.54 Å². The zero-order chi connectivity index (χ0) is 14.9. The molecule has 2 heteroatoms. The molecule has 0 radical (unpaired) electrons. The standard InChI is InChI=1S/C19H29NO/c1-2-5-15-8-12-19(21,13-9-15)18(14-20)11-10-16-6-3-4-7-17(16)18/h3-4,6-7,15,21H,2,5,8-14,20H2,1H3. The van der Waals surface area contributed by atoms with Crippen LogP contribution in [0.5, 0.6) is 0 Å². The van der Waals surface area contributed by atoms with Crippen LogP contribution in [0.2, 0.25) is 0 Å². The van der Waals surface area contributed by atoms with Crippen LogP contribution >= 0.6 is 0 Å². The van der Waals surface area contributed by atoms with Crippen LogP contribution in [0.3, 0.4) is 0 Å². The van der Waals surface area contributed by atoms with E-state index in [9.17, 15) is 5.11 Å². The van der Waals surface area contributed by atoms with Gasteiger partial charge in [0.15, 0.2) is 0 Å². The molecule has 2 aliphatic rings. The Balaban J connectivity index is 1.88. The monoisotopic (exact) mass is 287 g/mol. The average molecular weight is 287 g/mol. The lowest BCUT2D eigenvalue weighted by Crippen LogP contribution is -2.56. The SMILES string of the molecule is CCCC1CCC(O)(C2(CN)CCc3ccccc32)CC1. The molecule has 0 amide bonds. The van der Waals surface area contributed by atoms with Gasteiger partial charge in [0.2, 0.25) is 0 Å². The van der Waals surface area contributed by atoms with E-state index >= 15 is 0 Å². The van der Waals surface area contributed by atoms with Crippen LogP contribution in [-0.4, -0.2) is 17.3 Å². The predicted octanol–water partition coefficient (Wildman–Crippen LogP) is 3.55. The van der Waals surface area contributed by atoms with Crippen LogP contribution < -0.4 is 5.73 Å². The Morgan fingerprint density at radius 2 is 1.90 bits per heavy atom. The van der Waals surface area contributed by atoms with Gasteiger partial charge in [-0.3, -0.25) is 0 Å². The van der Waals surface area contributed by atoms with E-state index in [1.165, 1.54) is 24.0 Å². The lowest BCUT2D eigenvalue weighted by atomic mass is 9.60. The Labute approximate surface area is 128 Å². The molecule has 0 heterocycles. The number of hydrogen-bond acceptors (Lipinski definition) is 2. The third kappa shape index (κ3) is 2.33. The lowest BCUT2D eigenvalue weighted by Gasteiger charge is -2.49. The number of fused-ring (bicyclic) bond motifs is 1. The van der Waals surface area contributed by atoms with Gasteiger partial charge in [-0.2, -0.15) is 0 Å². The third-order valence-corrected chi connectivity index (χ3v) is 6.22. The van der Waals surface area contributed by atoms with Gasteiger partial charge in [0.1, 0.15) is 0 Å². The molecular weight excluding hydrogens is 258 g/mol. The van der Waals surface area contributed by atoms with Gasteiger partial charge >= 0.3 is 0 Å². The summed E-state index contributed by atoms with van der Waals surface area (Å²) in [6.45, 7) is 2.83. The topological polar surface area (TPSA) is 46.2 Å². The van der Waals surface area contributed by atoms with Gasteiger partial charge in [-0.1, -0.05) is 44.0 Å². The largest absolute Gasteiger partial charge is 0.389 e. The summed E-state index contributed by atoms with van der Waals surface area (Å²) < 4.78 is 0. The van der Waals surface area contributed by atoms with Gasteiger partial charge in [0.05, 0.1) is 5.60 Å². The third-order valence-electron chi connectivity index (χ3n) is 6.22. The number of aliphatic hydroxyl groups is 1. The second-order valence-corrected chi connectivity index (χ2v) is 7.21. The molecule has 0 spiro atoms. The fourth-order valence-electron chi connectivity index (χ4n) is 4.90. The van der Waals surface area contributed by atoms with Crippen molar-refractivity contribution in [3.8, 4) is 0 Å². The van der Waals surface area contributed by atoms with Crippen molar-refractivity contribution in [3.05, 3.63) is 35.4 Å². The molecule has 0 aliphatic heterocycles. The van der Waals surface area contributed by atoms with Gasteiger partial charge in [-0.05, 0) is 55.6 Å². The first-order valence-corrected chi connectivity index (χ1v) is 8.66. The molecule has 0 aromatic heterocycles. The maximum Gasteiger partial charge on any atom is 0.0756 e. The molecule has 1 fully saturated rings. The van der Waals surface area contributed by atoms with Crippen LogP contribution in [0.25, 0.3) is 0 Å². The summed E-state index contributed by atoms with van der Waals surface area (Å²) in [7, 11) is 0. The van der Waals surface area contributed by atoms with Crippen molar-refractivity contribution in [2.75, 3.05) is 6.54 Å². The molecule has 2 nitrogen and oxygen atoms in total. The molecular formula is C19H29NO. The normalized spacial score (nSPS) is 35.7. The summed E-state index contributed by atoms with van der Waals surface area (Å²) in [5.41, 5.74) is 8.15. The Kier molecular flexibility index (Phi) is 4.11. The summed E-state index contributed by atoms with van der Waals surface area (Å²) >= 11 is 0. The Bertz CT molecular complexity index is 490. The molecule has 3 rings (SSSR count). The van der Waals surface area contributed by atoms with Gasteiger partial charge in [0, 0.05) is 12.0 Å². The quantitative estimate of drug-likeness (QED) is 0.889. The fourth-order valence-corrected chi connectivity index (χ4v) is 4.90. The molecule has 3 N–H and O–H groups in total. The molecule has 116 valence electrons. The van der Waals surface area contributed by atoms with Crippen molar-refractivity contribution in [2.24, 2.45) is 11.7 Å². The summed E-state index contributed by atoms with van der Waals surface area (Å²) in [6.07, 6.45) is 8.80. The van der Waals surface area contributed by atoms with Gasteiger partial charge in [-0.15, -0.1) is 0 Å². The molecule has 1 atom stereocenters. The van der Waals surface area contributed by atoms with Crippen LogP contribution in [0, 0.1) is 5.92 Å². The summed E-state index contributed by atoms with van der Waals surface area (Å²) in [5.74, 6) is 0.807. The first-order valence-electron chi connectivity index (χ1n) is 8.66. The van der Waals surface area contributed by atoms with Crippen LogP contribution in [0.1, 0.15) is 63.0 Å². The molecule has 2 aliphatic carbocycles. The Morgan fingerprint density at radius 3 is 2.57 bits per heavy atom. The van der Waals surface area contributed by atoms with Crippen molar-refractivity contribution in [1.82, 2.24) is 0 Å². The van der Waals surface area contributed by atoms with E-state index in [1.54, 1.807) is 0 Å². The highest BCUT2D eigenvalue weighted by molar-refractivity contribution is 5.43. The van der Waals surface area contributed by atoms with Gasteiger partial charge < -0.3 is 10.8 Å². The zero-order valence-corrected chi connectivity index (χ0v) is 13.3. The average Bonchev–Trinajstić information content (AvgIpc) is 2.90. The van der Waals surface area contributed by atoms with Crippen molar-refractivity contribution in [2.45, 2.75) is 69.3 Å². The highest BCUT2D eigenvalue weighted by Gasteiger charge is 2.54. The van der Waals surface area contributed by atoms with Gasteiger partial charge in [0.25, 0.3) is 0 Å². The smallest absolute Gasteiger partial charge is 0.0756 e. The fraction of sp³-hybridized carbons (Fsp3) is 0.684. The van der Waals surface area contributed by atoms with E-state index in [-0.39, 0.29) is 5.41 Å². The first kappa shape index (κ1) is 15.1. The minimum absolute atomic E-state index is 0.208. The summed E-state index contributed by atoms with van der Waals surface area (Å²) in [6, 6.07) is 8.61.